The highest BCUT2D eigenvalue weighted by atomic mass is 19.4. The van der Waals surface area contributed by atoms with E-state index < -0.39 is 11.7 Å². The number of nitrogens with zero attached hydrogens (tertiary/aromatic N) is 1. The number of halogens is 3. The van der Waals surface area contributed by atoms with Crippen LogP contribution in [-0.2, 0) is 6.18 Å². The summed E-state index contributed by atoms with van der Waals surface area (Å²) in [6.07, 6.45) is 0.181. The van der Waals surface area contributed by atoms with Crippen molar-refractivity contribution < 1.29 is 22.7 Å². The van der Waals surface area contributed by atoms with E-state index in [1.807, 2.05) is 0 Å². The topological polar surface area (TPSA) is 53.6 Å². The van der Waals surface area contributed by atoms with E-state index in [9.17, 15) is 18.0 Å². The van der Waals surface area contributed by atoms with Gasteiger partial charge in [0, 0.05) is 25.2 Å². The molecule has 0 radical (unpaired) electrons. The van der Waals surface area contributed by atoms with E-state index in [1.54, 1.807) is 0 Å². The molecule has 1 saturated carbocycles. The highest BCUT2D eigenvalue weighted by molar-refractivity contribution is 5.74. The molecular weight excluding hydrogens is 347 g/mol. The highest BCUT2D eigenvalue weighted by Gasteiger charge is 2.32. The Morgan fingerprint density at radius 2 is 1.77 bits per heavy atom. The number of nitrogens with one attached hydrogen (secondary N) is 2. The van der Waals surface area contributed by atoms with Crippen LogP contribution in [0.25, 0.3) is 0 Å². The van der Waals surface area contributed by atoms with Crippen LogP contribution in [0.5, 0.6) is 5.75 Å². The van der Waals surface area contributed by atoms with Crippen LogP contribution in [0.1, 0.15) is 31.2 Å². The standard InChI is InChI=1S/C18H24F3N3O2/c19-18(20,21)13-1-5-16(6-2-13)26-12-9-22-17(25)23-14-7-10-24(11-8-14)15-3-4-15/h1-2,5-6,14-15H,3-4,7-12H2,(H2,22,23,25). The molecule has 3 rings (SSSR count). The predicted octanol–water partition coefficient (Wildman–Crippen LogP) is 3.01. The summed E-state index contributed by atoms with van der Waals surface area (Å²) in [5.41, 5.74) is -0.713. The minimum atomic E-state index is -4.35. The van der Waals surface area contributed by atoms with E-state index in [0.717, 1.165) is 44.1 Å². The van der Waals surface area contributed by atoms with Gasteiger partial charge in [-0.25, -0.2) is 4.79 Å². The van der Waals surface area contributed by atoms with Gasteiger partial charge in [-0.15, -0.1) is 0 Å². The zero-order valence-electron chi connectivity index (χ0n) is 14.5. The number of likely N-dealkylation sites (tertiary alicyclic amines) is 1. The minimum Gasteiger partial charge on any atom is -0.492 e. The van der Waals surface area contributed by atoms with E-state index in [4.69, 9.17) is 4.74 Å². The maximum Gasteiger partial charge on any atom is 0.416 e. The Labute approximate surface area is 150 Å². The fourth-order valence-corrected chi connectivity index (χ4v) is 3.16. The van der Waals surface area contributed by atoms with Crippen molar-refractivity contribution in [2.75, 3.05) is 26.2 Å². The second-order valence-electron chi connectivity index (χ2n) is 6.81. The lowest BCUT2D eigenvalue weighted by Crippen LogP contribution is -2.48. The van der Waals surface area contributed by atoms with Gasteiger partial charge in [0.1, 0.15) is 12.4 Å². The quantitative estimate of drug-likeness (QED) is 0.756. The first-order chi connectivity index (χ1) is 12.4. The fourth-order valence-electron chi connectivity index (χ4n) is 3.16. The Bertz CT molecular complexity index is 595. The molecule has 144 valence electrons. The number of carbonyl (C=O) groups is 1. The molecule has 0 unspecified atom stereocenters. The molecule has 0 spiro atoms. The normalized spacial score (nSPS) is 19.2. The van der Waals surface area contributed by atoms with E-state index >= 15 is 0 Å². The van der Waals surface area contributed by atoms with Crippen molar-refractivity contribution in [3.05, 3.63) is 29.8 Å². The molecule has 2 N–H and O–H groups in total. The average Bonchev–Trinajstić information content (AvgIpc) is 3.44. The lowest BCUT2D eigenvalue weighted by molar-refractivity contribution is -0.137. The van der Waals surface area contributed by atoms with Crippen LogP contribution in [0.2, 0.25) is 0 Å². The summed E-state index contributed by atoms with van der Waals surface area (Å²) in [4.78, 5) is 14.4. The minimum absolute atomic E-state index is 0.193. The van der Waals surface area contributed by atoms with Crippen molar-refractivity contribution in [3.63, 3.8) is 0 Å². The van der Waals surface area contributed by atoms with E-state index in [0.29, 0.717) is 5.75 Å². The number of urea groups is 1. The lowest BCUT2D eigenvalue weighted by Gasteiger charge is -2.32. The van der Waals surface area contributed by atoms with Crippen LogP contribution in [-0.4, -0.2) is 49.3 Å². The molecule has 2 fully saturated rings. The Morgan fingerprint density at radius 3 is 2.35 bits per heavy atom. The monoisotopic (exact) mass is 371 g/mol. The third kappa shape index (κ3) is 5.52. The van der Waals surface area contributed by atoms with Crippen molar-refractivity contribution in [2.24, 2.45) is 0 Å². The molecule has 1 heterocycles. The Morgan fingerprint density at radius 1 is 1.12 bits per heavy atom. The first-order valence-electron chi connectivity index (χ1n) is 9.00. The van der Waals surface area contributed by atoms with Crippen molar-refractivity contribution in [2.45, 2.75) is 43.9 Å². The van der Waals surface area contributed by atoms with Crippen molar-refractivity contribution in [3.8, 4) is 5.75 Å². The molecule has 8 heteroatoms. The lowest BCUT2D eigenvalue weighted by atomic mass is 10.1. The molecule has 1 aromatic carbocycles. The van der Waals surface area contributed by atoms with Gasteiger partial charge in [0.05, 0.1) is 12.1 Å². The SMILES string of the molecule is O=C(NCCOc1ccc(C(F)(F)F)cc1)NC1CCN(C2CC2)CC1. The van der Waals surface area contributed by atoms with Crippen LogP contribution in [0.4, 0.5) is 18.0 Å². The van der Waals surface area contributed by atoms with Crippen LogP contribution in [0.3, 0.4) is 0 Å². The van der Waals surface area contributed by atoms with Crippen molar-refractivity contribution >= 4 is 6.03 Å². The molecule has 0 bridgehead atoms. The van der Waals surface area contributed by atoms with E-state index in [2.05, 4.69) is 15.5 Å². The second kappa shape index (κ2) is 8.16. The van der Waals surface area contributed by atoms with Gasteiger partial charge in [-0.2, -0.15) is 13.2 Å². The van der Waals surface area contributed by atoms with Gasteiger partial charge in [-0.3, -0.25) is 0 Å². The van der Waals surface area contributed by atoms with Crippen molar-refractivity contribution in [1.82, 2.24) is 15.5 Å². The molecule has 1 aliphatic carbocycles. The average molecular weight is 371 g/mol. The molecule has 2 aliphatic rings. The molecule has 1 aliphatic heterocycles. The number of hydrogen-bond donors (Lipinski definition) is 2. The first kappa shape index (κ1) is 18.8. The maximum absolute atomic E-state index is 12.5. The summed E-state index contributed by atoms with van der Waals surface area (Å²) in [6, 6.07) is 5.24. The molecule has 1 aromatic rings. The number of rotatable bonds is 6. The summed E-state index contributed by atoms with van der Waals surface area (Å²) in [7, 11) is 0. The van der Waals surface area contributed by atoms with Crippen LogP contribution in [0, 0.1) is 0 Å². The summed E-state index contributed by atoms with van der Waals surface area (Å²) < 4.78 is 42.8. The highest BCUT2D eigenvalue weighted by Crippen LogP contribution is 2.30. The molecule has 2 amide bonds. The summed E-state index contributed by atoms with van der Waals surface area (Å²) in [6.45, 7) is 2.55. The molecule has 0 aromatic heterocycles. The van der Waals surface area contributed by atoms with E-state index in [1.165, 1.54) is 25.0 Å². The predicted molar refractivity (Wildman–Crippen MR) is 91.1 cm³/mol. The number of piperidine rings is 1. The molecule has 5 nitrogen and oxygen atoms in total. The van der Waals surface area contributed by atoms with Crippen LogP contribution in [0.15, 0.2) is 24.3 Å². The zero-order chi connectivity index (χ0) is 18.6. The molecule has 26 heavy (non-hydrogen) atoms. The third-order valence-corrected chi connectivity index (χ3v) is 4.77. The van der Waals surface area contributed by atoms with Gasteiger partial charge in [0.25, 0.3) is 0 Å². The smallest absolute Gasteiger partial charge is 0.416 e. The van der Waals surface area contributed by atoms with Gasteiger partial charge < -0.3 is 20.3 Å². The van der Waals surface area contributed by atoms with Crippen LogP contribution >= 0.6 is 0 Å². The van der Waals surface area contributed by atoms with Gasteiger partial charge in [-0.1, -0.05) is 0 Å². The fraction of sp³-hybridized carbons (Fsp3) is 0.611. The Kier molecular flexibility index (Phi) is 5.90. The number of ether oxygens (including phenoxy) is 1. The van der Waals surface area contributed by atoms with Gasteiger partial charge in [0.15, 0.2) is 0 Å². The second-order valence-corrected chi connectivity index (χ2v) is 6.81. The number of hydrogen-bond acceptors (Lipinski definition) is 3. The summed E-state index contributed by atoms with van der Waals surface area (Å²) in [5.74, 6) is 0.340. The van der Waals surface area contributed by atoms with Gasteiger partial charge in [0.2, 0.25) is 0 Å². The number of carbonyl (C=O) groups excluding carboxylic acids is 1. The number of amides is 2. The van der Waals surface area contributed by atoms with Gasteiger partial charge >= 0.3 is 12.2 Å². The third-order valence-electron chi connectivity index (χ3n) is 4.77. The molecule has 1 saturated heterocycles. The van der Waals surface area contributed by atoms with Crippen molar-refractivity contribution in [1.29, 1.82) is 0 Å². The van der Waals surface area contributed by atoms with Crippen LogP contribution < -0.4 is 15.4 Å². The summed E-state index contributed by atoms with van der Waals surface area (Å²) >= 11 is 0. The first-order valence-corrected chi connectivity index (χ1v) is 9.00. The number of alkyl halides is 3. The summed E-state index contributed by atoms with van der Waals surface area (Å²) in [5, 5.41) is 5.68. The Hall–Kier alpha value is -1.96. The number of benzene rings is 1. The Balaban J connectivity index is 1.29. The zero-order valence-corrected chi connectivity index (χ0v) is 14.5. The molecular formula is C18H24F3N3O2. The molecule has 0 atom stereocenters. The van der Waals surface area contributed by atoms with E-state index in [-0.39, 0.29) is 25.2 Å². The largest absolute Gasteiger partial charge is 0.492 e. The van der Waals surface area contributed by atoms with Gasteiger partial charge in [-0.05, 0) is 49.9 Å². The maximum atomic E-state index is 12.5.